The van der Waals surface area contributed by atoms with Crippen molar-refractivity contribution in [1.82, 2.24) is 10.3 Å². The molecule has 0 radical (unpaired) electrons. The van der Waals surface area contributed by atoms with Gasteiger partial charge < -0.3 is 15.4 Å². The van der Waals surface area contributed by atoms with Crippen molar-refractivity contribution < 1.29 is 9.53 Å². The van der Waals surface area contributed by atoms with Crippen LogP contribution in [0.3, 0.4) is 0 Å². The van der Waals surface area contributed by atoms with Gasteiger partial charge in [0, 0.05) is 11.9 Å². The molecule has 1 heterocycles. The van der Waals surface area contributed by atoms with Gasteiger partial charge in [-0.15, -0.1) is 6.42 Å². The minimum atomic E-state index is -0.395. The molecule has 0 aliphatic heterocycles. The normalized spacial score (nSPS) is 11.2. The molecule has 2 N–H and O–H groups in total. The smallest absolute Gasteiger partial charge is 0.320 e. The Balaban J connectivity index is 1.95. The highest BCUT2D eigenvalue weighted by molar-refractivity contribution is 6.32. The highest BCUT2D eigenvalue weighted by atomic mass is 35.5. The number of benzene rings is 1. The van der Waals surface area contributed by atoms with Crippen molar-refractivity contribution in [2.45, 2.75) is 19.6 Å². The monoisotopic (exact) mass is 329 g/mol. The second kappa shape index (κ2) is 8.06. The van der Waals surface area contributed by atoms with E-state index in [2.05, 4.69) is 21.5 Å². The Kier molecular flexibility index (Phi) is 5.84. The molecule has 2 aromatic rings. The number of aromatic nitrogens is 1. The van der Waals surface area contributed by atoms with Crippen LogP contribution in [-0.4, -0.2) is 17.1 Å². The van der Waals surface area contributed by atoms with Crippen molar-refractivity contribution in [3.63, 3.8) is 0 Å². The summed E-state index contributed by atoms with van der Waals surface area (Å²) in [4.78, 5) is 15.9. The van der Waals surface area contributed by atoms with E-state index in [0.717, 1.165) is 5.69 Å². The van der Waals surface area contributed by atoms with Crippen LogP contribution in [0.15, 0.2) is 42.6 Å². The largest absolute Gasteiger partial charge is 0.486 e. The molecular formula is C17H16ClN3O2. The van der Waals surface area contributed by atoms with E-state index >= 15 is 0 Å². The van der Waals surface area contributed by atoms with Crippen LogP contribution in [0.2, 0.25) is 5.02 Å². The van der Waals surface area contributed by atoms with Gasteiger partial charge in [0.05, 0.1) is 16.8 Å². The number of pyridine rings is 1. The first-order chi connectivity index (χ1) is 11.1. The quantitative estimate of drug-likeness (QED) is 0.826. The predicted molar refractivity (Wildman–Crippen MR) is 90.5 cm³/mol. The number of halogens is 1. The van der Waals surface area contributed by atoms with Gasteiger partial charge in [0.1, 0.15) is 12.4 Å². The number of amides is 2. The first-order valence-electron chi connectivity index (χ1n) is 6.94. The molecule has 5 nitrogen and oxygen atoms in total. The van der Waals surface area contributed by atoms with E-state index in [1.54, 1.807) is 31.3 Å². The number of carbonyl (C=O) groups excluding carboxylic acids is 1. The molecule has 118 valence electrons. The lowest BCUT2D eigenvalue weighted by Gasteiger charge is -2.12. The van der Waals surface area contributed by atoms with Crippen molar-refractivity contribution >= 4 is 23.3 Å². The van der Waals surface area contributed by atoms with Gasteiger partial charge in [-0.1, -0.05) is 23.6 Å². The number of urea groups is 1. The van der Waals surface area contributed by atoms with Gasteiger partial charge in [0.25, 0.3) is 0 Å². The van der Waals surface area contributed by atoms with Crippen LogP contribution in [0.25, 0.3) is 0 Å². The fraction of sp³-hybridized carbons (Fsp3) is 0.176. The van der Waals surface area contributed by atoms with Gasteiger partial charge in [-0.05, 0) is 37.3 Å². The lowest BCUT2D eigenvalue weighted by molar-refractivity contribution is 0.251. The number of rotatable bonds is 5. The van der Waals surface area contributed by atoms with E-state index in [-0.39, 0.29) is 6.04 Å². The number of ether oxygens (including phenoxy) is 1. The van der Waals surface area contributed by atoms with Crippen LogP contribution >= 0.6 is 11.6 Å². The third-order valence-corrected chi connectivity index (χ3v) is 3.18. The molecule has 0 aliphatic rings. The highest BCUT2D eigenvalue weighted by Crippen LogP contribution is 2.28. The zero-order valence-electron chi connectivity index (χ0n) is 12.5. The van der Waals surface area contributed by atoms with Crippen LogP contribution in [0.1, 0.15) is 12.6 Å². The third kappa shape index (κ3) is 5.20. The van der Waals surface area contributed by atoms with Crippen LogP contribution in [0.4, 0.5) is 10.5 Å². The Morgan fingerprint density at radius 3 is 2.91 bits per heavy atom. The number of hydrogen-bond donors (Lipinski definition) is 2. The summed E-state index contributed by atoms with van der Waals surface area (Å²) >= 11 is 6.16. The van der Waals surface area contributed by atoms with Crippen molar-refractivity contribution in [3.05, 3.63) is 53.3 Å². The van der Waals surface area contributed by atoms with E-state index in [1.807, 2.05) is 18.2 Å². The van der Waals surface area contributed by atoms with Crippen molar-refractivity contribution in [3.8, 4) is 18.1 Å². The van der Waals surface area contributed by atoms with E-state index in [9.17, 15) is 4.79 Å². The predicted octanol–water partition coefficient (Wildman–Crippen LogP) is 3.46. The van der Waals surface area contributed by atoms with Gasteiger partial charge in [-0.25, -0.2) is 4.79 Å². The Bertz CT molecular complexity index is 714. The number of hydrogen-bond acceptors (Lipinski definition) is 3. The second-order valence-corrected chi connectivity index (χ2v) is 5.15. The van der Waals surface area contributed by atoms with Crippen molar-refractivity contribution in [2.75, 3.05) is 5.32 Å². The molecule has 1 aromatic heterocycles. The standard InChI is InChI=1S/C17H16ClN3O2/c1-3-12(2)20-17(22)21-13-7-8-16(15(18)10-13)23-11-14-6-4-5-9-19-14/h1,4-10,12H,11H2,2H3,(H2,20,21,22)/t12-/m0/s1. The highest BCUT2D eigenvalue weighted by Gasteiger charge is 2.08. The molecule has 0 unspecified atom stereocenters. The Labute approximate surface area is 140 Å². The van der Waals surface area contributed by atoms with E-state index < -0.39 is 6.03 Å². The molecule has 0 aliphatic carbocycles. The number of anilines is 1. The molecule has 0 spiro atoms. The fourth-order valence-electron chi connectivity index (χ4n) is 1.74. The van der Waals surface area contributed by atoms with Crippen LogP contribution < -0.4 is 15.4 Å². The van der Waals surface area contributed by atoms with Crippen molar-refractivity contribution in [2.24, 2.45) is 0 Å². The molecule has 23 heavy (non-hydrogen) atoms. The molecule has 2 amide bonds. The number of terminal acetylenes is 1. The first kappa shape index (κ1) is 16.7. The van der Waals surface area contributed by atoms with E-state index in [4.69, 9.17) is 22.8 Å². The van der Waals surface area contributed by atoms with Gasteiger partial charge in [0.2, 0.25) is 0 Å². The lowest BCUT2D eigenvalue weighted by atomic mass is 10.3. The molecule has 0 saturated carbocycles. The maximum Gasteiger partial charge on any atom is 0.320 e. The topological polar surface area (TPSA) is 63.2 Å². The molecule has 1 atom stereocenters. The van der Waals surface area contributed by atoms with E-state index in [0.29, 0.717) is 23.1 Å². The van der Waals surface area contributed by atoms with E-state index in [1.165, 1.54) is 0 Å². The SMILES string of the molecule is C#C[C@H](C)NC(=O)Nc1ccc(OCc2ccccn2)c(Cl)c1. The summed E-state index contributed by atoms with van der Waals surface area (Å²) in [5, 5.41) is 5.63. The average molecular weight is 330 g/mol. The third-order valence-electron chi connectivity index (χ3n) is 2.89. The Morgan fingerprint density at radius 1 is 1.43 bits per heavy atom. The summed E-state index contributed by atoms with van der Waals surface area (Å²) in [6.45, 7) is 2.02. The molecule has 0 fully saturated rings. The average Bonchev–Trinajstić information content (AvgIpc) is 2.54. The Hall–Kier alpha value is -2.71. The number of nitrogens with one attached hydrogen (secondary N) is 2. The summed E-state index contributed by atoms with van der Waals surface area (Å²) in [5.41, 5.74) is 1.34. The first-order valence-corrected chi connectivity index (χ1v) is 7.32. The summed E-state index contributed by atoms with van der Waals surface area (Å²) in [6, 6.07) is 9.82. The molecule has 1 aromatic carbocycles. The molecule has 6 heteroatoms. The van der Waals surface area contributed by atoms with Gasteiger partial charge >= 0.3 is 6.03 Å². The Morgan fingerprint density at radius 2 is 2.26 bits per heavy atom. The van der Waals surface area contributed by atoms with Gasteiger partial charge in [0.15, 0.2) is 0 Å². The van der Waals surface area contributed by atoms with Crippen LogP contribution in [0.5, 0.6) is 5.75 Å². The summed E-state index contributed by atoms with van der Waals surface area (Å²) in [5.74, 6) is 2.92. The number of nitrogens with zero attached hydrogens (tertiary/aromatic N) is 1. The fourth-order valence-corrected chi connectivity index (χ4v) is 1.97. The summed E-state index contributed by atoms with van der Waals surface area (Å²) < 4.78 is 5.62. The van der Waals surface area contributed by atoms with Gasteiger partial charge in [-0.2, -0.15) is 0 Å². The minimum absolute atomic E-state index is 0.313. The molecule has 0 bridgehead atoms. The summed E-state index contributed by atoms with van der Waals surface area (Å²) in [6.07, 6.45) is 6.90. The molecule has 0 saturated heterocycles. The van der Waals surface area contributed by atoms with Gasteiger partial charge in [-0.3, -0.25) is 4.98 Å². The minimum Gasteiger partial charge on any atom is -0.486 e. The maximum atomic E-state index is 11.7. The lowest BCUT2D eigenvalue weighted by Crippen LogP contribution is -2.35. The maximum absolute atomic E-state index is 11.7. The van der Waals surface area contributed by atoms with Crippen molar-refractivity contribution in [1.29, 1.82) is 0 Å². The molecule has 2 rings (SSSR count). The molecular weight excluding hydrogens is 314 g/mol. The van der Waals surface area contributed by atoms with Crippen LogP contribution in [0, 0.1) is 12.3 Å². The zero-order valence-corrected chi connectivity index (χ0v) is 13.3. The summed E-state index contributed by atoms with van der Waals surface area (Å²) in [7, 11) is 0. The van der Waals surface area contributed by atoms with Crippen LogP contribution in [-0.2, 0) is 6.61 Å². The second-order valence-electron chi connectivity index (χ2n) is 4.74. The number of carbonyl (C=O) groups is 1. The zero-order chi connectivity index (χ0) is 16.7.